The predicted molar refractivity (Wildman–Crippen MR) is 50.7 cm³/mol. The van der Waals surface area contributed by atoms with Crippen molar-refractivity contribution in [1.82, 2.24) is 4.98 Å². The van der Waals surface area contributed by atoms with Crippen LogP contribution in [0.5, 0.6) is 0 Å². The lowest BCUT2D eigenvalue weighted by atomic mass is 10.1. The molecule has 0 aliphatic rings. The number of aldehydes is 1. The molecule has 0 bridgehead atoms. The van der Waals surface area contributed by atoms with Crippen molar-refractivity contribution < 1.29 is 14.3 Å². The maximum atomic E-state index is 11.2. The summed E-state index contributed by atoms with van der Waals surface area (Å²) in [5.41, 5.74) is 0.865. The van der Waals surface area contributed by atoms with E-state index < -0.39 is 5.97 Å². The normalized spacial score (nSPS) is 9.64. The second-order valence-corrected chi connectivity index (χ2v) is 2.97. The van der Waals surface area contributed by atoms with Crippen molar-refractivity contribution in [2.24, 2.45) is 0 Å². The lowest BCUT2D eigenvalue weighted by Crippen LogP contribution is -2.06. The van der Waals surface area contributed by atoms with E-state index in [-0.39, 0.29) is 16.3 Å². The van der Waals surface area contributed by atoms with Crippen LogP contribution in [0.25, 0.3) is 0 Å². The average Bonchev–Trinajstić information content (AvgIpc) is 2.17. The molecule has 0 unspecified atom stereocenters. The molecule has 5 heteroatoms. The molecule has 14 heavy (non-hydrogen) atoms. The molecule has 1 aromatic heterocycles. The molecule has 4 nitrogen and oxygen atoms in total. The molecule has 0 radical (unpaired) electrons. The number of aromatic nitrogens is 1. The van der Waals surface area contributed by atoms with E-state index in [1.165, 1.54) is 13.2 Å². The molecule has 0 atom stereocenters. The van der Waals surface area contributed by atoms with Gasteiger partial charge in [0.05, 0.1) is 23.9 Å². The van der Waals surface area contributed by atoms with Gasteiger partial charge >= 0.3 is 5.97 Å². The number of hydrogen-bond acceptors (Lipinski definition) is 4. The van der Waals surface area contributed by atoms with E-state index in [1.807, 2.05) is 0 Å². The van der Waals surface area contributed by atoms with Crippen LogP contribution in [-0.4, -0.2) is 24.3 Å². The second kappa shape index (κ2) is 4.19. The van der Waals surface area contributed by atoms with Crippen LogP contribution >= 0.6 is 11.6 Å². The van der Waals surface area contributed by atoms with Crippen molar-refractivity contribution in [3.05, 3.63) is 28.0 Å². The molecule has 0 N–H and O–H groups in total. The van der Waals surface area contributed by atoms with Gasteiger partial charge in [-0.3, -0.25) is 4.79 Å². The Morgan fingerprint density at radius 3 is 2.79 bits per heavy atom. The van der Waals surface area contributed by atoms with Crippen molar-refractivity contribution in [3.8, 4) is 0 Å². The van der Waals surface area contributed by atoms with Crippen molar-refractivity contribution in [3.63, 3.8) is 0 Å². The molecule has 0 aliphatic carbocycles. The summed E-state index contributed by atoms with van der Waals surface area (Å²) in [5.74, 6) is -0.533. The van der Waals surface area contributed by atoms with E-state index in [9.17, 15) is 9.59 Å². The maximum Gasteiger partial charge on any atom is 0.339 e. The van der Waals surface area contributed by atoms with Crippen molar-refractivity contribution in [1.29, 1.82) is 0 Å². The summed E-state index contributed by atoms with van der Waals surface area (Å²) in [5, 5.41) is 0.0881. The Hall–Kier alpha value is -1.42. The molecule has 0 aromatic carbocycles. The molecule has 0 fully saturated rings. The van der Waals surface area contributed by atoms with Crippen molar-refractivity contribution in [2.75, 3.05) is 7.11 Å². The zero-order valence-electron chi connectivity index (χ0n) is 7.70. The van der Waals surface area contributed by atoms with Gasteiger partial charge in [0.2, 0.25) is 0 Å². The fraction of sp³-hybridized carbons (Fsp3) is 0.222. The van der Waals surface area contributed by atoms with E-state index in [1.54, 1.807) is 6.92 Å². The standard InChI is InChI=1S/C9H8ClNO3/c1-5-7(9(13)14-2)3-6(4-12)8(10)11-5/h3-4H,1-2H3. The van der Waals surface area contributed by atoms with E-state index >= 15 is 0 Å². The fourth-order valence-electron chi connectivity index (χ4n) is 0.991. The quantitative estimate of drug-likeness (QED) is 0.426. The molecule has 0 aliphatic heterocycles. The largest absolute Gasteiger partial charge is 0.465 e. The zero-order valence-corrected chi connectivity index (χ0v) is 8.46. The molecule has 0 amide bonds. The minimum absolute atomic E-state index is 0.0881. The number of nitrogens with zero attached hydrogens (tertiary/aromatic N) is 1. The lowest BCUT2D eigenvalue weighted by Gasteiger charge is -2.04. The summed E-state index contributed by atoms with van der Waals surface area (Å²) in [7, 11) is 1.26. The Morgan fingerprint density at radius 1 is 1.64 bits per heavy atom. The number of pyridine rings is 1. The summed E-state index contributed by atoms with van der Waals surface area (Å²) < 4.78 is 4.52. The van der Waals surface area contributed by atoms with Crippen LogP contribution in [0, 0.1) is 6.92 Å². The number of carbonyl (C=O) groups is 2. The predicted octanol–water partition coefficient (Wildman–Crippen LogP) is 1.64. The van der Waals surface area contributed by atoms with Gasteiger partial charge in [0.1, 0.15) is 5.15 Å². The Morgan fingerprint density at radius 2 is 2.29 bits per heavy atom. The van der Waals surface area contributed by atoms with Crippen LogP contribution in [0.1, 0.15) is 26.4 Å². The number of rotatable bonds is 2. The van der Waals surface area contributed by atoms with Gasteiger partial charge in [-0.1, -0.05) is 11.6 Å². The molecule has 0 saturated carbocycles. The third kappa shape index (κ3) is 1.90. The molecular formula is C9H8ClNO3. The van der Waals surface area contributed by atoms with Crippen LogP contribution in [0.4, 0.5) is 0 Å². The maximum absolute atomic E-state index is 11.2. The molecule has 1 heterocycles. The van der Waals surface area contributed by atoms with Crippen molar-refractivity contribution in [2.45, 2.75) is 6.92 Å². The van der Waals surface area contributed by atoms with Gasteiger partial charge in [-0.2, -0.15) is 0 Å². The highest BCUT2D eigenvalue weighted by atomic mass is 35.5. The number of halogens is 1. The smallest absolute Gasteiger partial charge is 0.339 e. The van der Waals surface area contributed by atoms with E-state index in [0.717, 1.165) is 0 Å². The van der Waals surface area contributed by atoms with Crippen LogP contribution in [0.15, 0.2) is 6.07 Å². The first-order chi connectivity index (χ1) is 6.60. The SMILES string of the molecule is COC(=O)c1cc(C=O)c(Cl)nc1C. The van der Waals surface area contributed by atoms with Gasteiger partial charge in [0, 0.05) is 0 Å². The highest BCUT2D eigenvalue weighted by Gasteiger charge is 2.13. The molecule has 0 saturated heterocycles. The Balaban J connectivity index is 3.30. The molecule has 1 rings (SSSR count). The second-order valence-electron chi connectivity index (χ2n) is 2.61. The van der Waals surface area contributed by atoms with Gasteiger partial charge in [0.25, 0.3) is 0 Å². The summed E-state index contributed by atoms with van der Waals surface area (Å²) in [4.78, 5) is 25.6. The molecule has 74 valence electrons. The van der Waals surface area contributed by atoms with E-state index in [2.05, 4.69) is 9.72 Å². The number of ether oxygens (including phenoxy) is 1. The third-order valence-electron chi connectivity index (χ3n) is 1.73. The summed E-state index contributed by atoms with van der Waals surface area (Å²) in [6, 6.07) is 1.36. The summed E-state index contributed by atoms with van der Waals surface area (Å²) >= 11 is 5.66. The number of carbonyl (C=O) groups excluding carboxylic acids is 2. The van der Waals surface area contributed by atoms with E-state index in [0.29, 0.717) is 12.0 Å². The number of hydrogen-bond donors (Lipinski definition) is 0. The minimum Gasteiger partial charge on any atom is -0.465 e. The average molecular weight is 214 g/mol. The van der Waals surface area contributed by atoms with Crippen molar-refractivity contribution >= 4 is 23.9 Å². The Labute approximate surface area is 85.9 Å². The third-order valence-corrected chi connectivity index (χ3v) is 2.03. The monoisotopic (exact) mass is 213 g/mol. The Kier molecular flexibility index (Phi) is 3.19. The van der Waals surface area contributed by atoms with Crippen LogP contribution in [0.2, 0.25) is 5.15 Å². The van der Waals surface area contributed by atoms with Crippen LogP contribution < -0.4 is 0 Å². The van der Waals surface area contributed by atoms with Gasteiger partial charge in [-0.15, -0.1) is 0 Å². The van der Waals surface area contributed by atoms with Gasteiger partial charge in [-0.05, 0) is 13.0 Å². The highest BCUT2D eigenvalue weighted by Crippen LogP contribution is 2.16. The highest BCUT2D eigenvalue weighted by molar-refractivity contribution is 6.31. The molecular weight excluding hydrogens is 206 g/mol. The lowest BCUT2D eigenvalue weighted by molar-refractivity contribution is 0.0599. The summed E-state index contributed by atoms with van der Waals surface area (Å²) in [6.45, 7) is 1.62. The van der Waals surface area contributed by atoms with Crippen LogP contribution in [-0.2, 0) is 4.74 Å². The summed E-state index contributed by atoms with van der Waals surface area (Å²) in [6.07, 6.45) is 0.543. The minimum atomic E-state index is -0.533. The first-order valence-corrected chi connectivity index (χ1v) is 4.18. The number of aryl methyl sites for hydroxylation is 1. The molecule has 0 spiro atoms. The number of methoxy groups -OCH3 is 1. The number of esters is 1. The van der Waals surface area contributed by atoms with Gasteiger partial charge in [-0.25, -0.2) is 9.78 Å². The van der Waals surface area contributed by atoms with E-state index in [4.69, 9.17) is 11.6 Å². The first kappa shape index (κ1) is 10.7. The fourth-order valence-corrected chi connectivity index (χ4v) is 1.22. The Bertz CT molecular complexity index is 390. The van der Waals surface area contributed by atoms with Gasteiger partial charge in [0.15, 0.2) is 6.29 Å². The van der Waals surface area contributed by atoms with Gasteiger partial charge < -0.3 is 4.74 Å². The van der Waals surface area contributed by atoms with Crippen LogP contribution in [0.3, 0.4) is 0 Å². The topological polar surface area (TPSA) is 56.3 Å². The molecule has 1 aromatic rings. The first-order valence-electron chi connectivity index (χ1n) is 3.80. The zero-order chi connectivity index (χ0) is 10.7.